The summed E-state index contributed by atoms with van der Waals surface area (Å²) in [6.07, 6.45) is 3.54. The van der Waals surface area contributed by atoms with Crippen molar-refractivity contribution in [2.24, 2.45) is 0 Å². The first-order chi connectivity index (χ1) is 7.66. The molecule has 0 aromatic heterocycles. The normalized spacial score (nSPS) is 20.6. The molecule has 0 spiro atoms. The lowest BCUT2D eigenvalue weighted by Crippen LogP contribution is -2.23. The number of rotatable bonds is 3. The lowest BCUT2D eigenvalue weighted by molar-refractivity contribution is 0.586. The van der Waals surface area contributed by atoms with Crippen molar-refractivity contribution in [2.75, 3.05) is 6.54 Å². The first kappa shape index (κ1) is 11.6. The standard InChI is InChI=1S/C14H20FN/c1-10(2)13-9-11(5-6-14(13)15)8-12-4-3-7-16-12/h5-6,9-10,12,16H,3-4,7-8H2,1-2H3. The van der Waals surface area contributed by atoms with E-state index in [-0.39, 0.29) is 11.7 Å². The molecular weight excluding hydrogens is 201 g/mol. The highest BCUT2D eigenvalue weighted by Gasteiger charge is 2.15. The molecule has 0 amide bonds. The number of nitrogens with one attached hydrogen (secondary N) is 1. The molecule has 0 saturated carbocycles. The number of hydrogen-bond acceptors (Lipinski definition) is 1. The van der Waals surface area contributed by atoms with Gasteiger partial charge in [-0.2, -0.15) is 0 Å². The molecule has 1 heterocycles. The number of halogens is 1. The van der Waals surface area contributed by atoms with E-state index in [1.54, 1.807) is 6.07 Å². The zero-order chi connectivity index (χ0) is 11.5. The van der Waals surface area contributed by atoms with E-state index in [1.807, 2.05) is 26.0 Å². The molecule has 1 nitrogen and oxygen atoms in total. The Balaban J connectivity index is 2.12. The minimum absolute atomic E-state index is 0.0712. The Kier molecular flexibility index (Phi) is 3.59. The van der Waals surface area contributed by atoms with E-state index in [4.69, 9.17) is 0 Å². The molecule has 1 aliphatic rings. The molecule has 1 unspecified atom stereocenters. The van der Waals surface area contributed by atoms with Crippen LogP contribution in [0.2, 0.25) is 0 Å². The van der Waals surface area contributed by atoms with Crippen LogP contribution < -0.4 is 5.32 Å². The lowest BCUT2D eigenvalue weighted by Gasteiger charge is -2.13. The van der Waals surface area contributed by atoms with Crippen LogP contribution in [0.1, 0.15) is 43.7 Å². The van der Waals surface area contributed by atoms with E-state index in [0.29, 0.717) is 6.04 Å². The molecule has 0 bridgehead atoms. The summed E-state index contributed by atoms with van der Waals surface area (Å²) in [6.45, 7) is 5.20. The maximum atomic E-state index is 13.5. The van der Waals surface area contributed by atoms with Crippen LogP contribution in [0.25, 0.3) is 0 Å². The Morgan fingerprint density at radius 3 is 2.88 bits per heavy atom. The summed E-state index contributed by atoms with van der Waals surface area (Å²) in [5.41, 5.74) is 2.10. The molecule has 1 aliphatic heterocycles. The fourth-order valence-corrected chi connectivity index (χ4v) is 2.38. The third-order valence-electron chi connectivity index (χ3n) is 3.33. The fourth-order valence-electron chi connectivity index (χ4n) is 2.38. The van der Waals surface area contributed by atoms with Crippen LogP contribution >= 0.6 is 0 Å². The monoisotopic (exact) mass is 221 g/mol. The largest absolute Gasteiger partial charge is 0.314 e. The van der Waals surface area contributed by atoms with Gasteiger partial charge in [-0.05, 0) is 48.9 Å². The maximum Gasteiger partial charge on any atom is 0.126 e. The lowest BCUT2D eigenvalue weighted by atomic mass is 9.97. The predicted octanol–water partition coefficient (Wildman–Crippen LogP) is 3.24. The number of hydrogen-bond donors (Lipinski definition) is 1. The van der Waals surface area contributed by atoms with Crippen LogP contribution in [0.3, 0.4) is 0 Å². The first-order valence-corrected chi connectivity index (χ1v) is 6.18. The molecule has 1 saturated heterocycles. The smallest absolute Gasteiger partial charge is 0.126 e. The van der Waals surface area contributed by atoms with Crippen LogP contribution in [0, 0.1) is 5.82 Å². The Morgan fingerprint density at radius 2 is 2.25 bits per heavy atom. The molecule has 1 N–H and O–H groups in total. The van der Waals surface area contributed by atoms with Crippen molar-refractivity contribution in [2.45, 2.75) is 45.1 Å². The fraction of sp³-hybridized carbons (Fsp3) is 0.571. The summed E-state index contributed by atoms with van der Waals surface area (Å²) in [5, 5.41) is 3.47. The third-order valence-corrected chi connectivity index (χ3v) is 3.33. The van der Waals surface area contributed by atoms with Crippen LogP contribution in [0.15, 0.2) is 18.2 Å². The molecular formula is C14H20FN. The minimum atomic E-state index is -0.0712. The van der Waals surface area contributed by atoms with Crippen LogP contribution in [0.4, 0.5) is 4.39 Å². The summed E-state index contributed by atoms with van der Waals surface area (Å²) in [7, 11) is 0. The van der Waals surface area contributed by atoms with Crippen LogP contribution in [0.5, 0.6) is 0 Å². The summed E-state index contributed by atoms with van der Waals surface area (Å²) in [6, 6.07) is 6.14. The van der Waals surface area contributed by atoms with E-state index in [1.165, 1.54) is 18.4 Å². The van der Waals surface area contributed by atoms with E-state index in [0.717, 1.165) is 18.5 Å². The third kappa shape index (κ3) is 2.62. The maximum absolute atomic E-state index is 13.5. The summed E-state index contributed by atoms with van der Waals surface area (Å²) in [5.74, 6) is 0.189. The van der Waals surface area contributed by atoms with E-state index in [2.05, 4.69) is 5.32 Å². The molecule has 2 rings (SSSR count). The summed E-state index contributed by atoms with van der Waals surface area (Å²) < 4.78 is 13.5. The van der Waals surface area contributed by atoms with Gasteiger partial charge in [0.25, 0.3) is 0 Å². The van der Waals surface area contributed by atoms with Crippen molar-refractivity contribution in [1.29, 1.82) is 0 Å². The quantitative estimate of drug-likeness (QED) is 0.826. The molecule has 1 aromatic rings. The second-order valence-electron chi connectivity index (χ2n) is 5.01. The highest BCUT2D eigenvalue weighted by Crippen LogP contribution is 2.21. The Bertz CT molecular complexity index is 354. The van der Waals surface area contributed by atoms with Gasteiger partial charge >= 0.3 is 0 Å². The molecule has 1 atom stereocenters. The average Bonchev–Trinajstić information content (AvgIpc) is 2.73. The predicted molar refractivity (Wildman–Crippen MR) is 65.2 cm³/mol. The zero-order valence-corrected chi connectivity index (χ0v) is 10.1. The molecule has 1 aromatic carbocycles. The second kappa shape index (κ2) is 4.96. The highest BCUT2D eigenvalue weighted by molar-refractivity contribution is 5.28. The van der Waals surface area contributed by atoms with Gasteiger partial charge in [0.15, 0.2) is 0 Å². The SMILES string of the molecule is CC(C)c1cc(CC2CCCN2)ccc1F. The van der Waals surface area contributed by atoms with Gasteiger partial charge in [0.2, 0.25) is 0 Å². The van der Waals surface area contributed by atoms with Crippen LogP contribution in [-0.4, -0.2) is 12.6 Å². The topological polar surface area (TPSA) is 12.0 Å². The van der Waals surface area contributed by atoms with Crippen molar-refractivity contribution >= 4 is 0 Å². The van der Waals surface area contributed by atoms with Gasteiger partial charge in [-0.1, -0.05) is 26.0 Å². The zero-order valence-electron chi connectivity index (χ0n) is 10.1. The van der Waals surface area contributed by atoms with Crippen LogP contribution in [-0.2, 0) is 6.42 Å². The Morgan fingerprint density at radius 1 is 1.44 bits per heavy atom. The van der Waals surface area contributed by atoms with Gasteiger partial charge in [0.05, 0.1) is 0 Å². The van der Waals surface area contributed by atoms with Gasteiger partial charge in [-0.15, -0.1) is 0 Å². The van der Waals surface area contributed by atoms with Gasteiger partial charge in [0, 0.05) is 6.04 Å². The Hall–Kier alpha value is -0.890. The molecule has 88 valence electrons. The Labute approximate surface area is 97.1 Å². The highest BCUT2D eigenvalue weighted by atomic mass is 19.1. The molecule has 16 heavy (non-hydrogen) atoms. The van der Waals surface area contributed by atoms with E-state index < -0.39 is 0 Å². The number of benzene rings is 1. The first-order valence-electron chi connectivity index (χ1n) is 6.18. The van der Waals surface area contributed by atoms with Gasteiger partial charge in [0.1, 0.15) is 5.82 Å². The van der Waals surface area contributed by atoms with E-state index in [9.17, 15) is 4.39 Å². The molecule has 1 fully saturated rings. The van der Waals surface area contributed by atoms with Crippen molar-refractivity contribution in [3.63, 3.8) is 0 Å². The summed E-state index contributed by atoms with van der Waals surface area (Å²) >= 11 is 0. The van der Waals surface area contributed by atoms with Crippen molar-refractivity contribution in [1.82, 2.24) is 5.32 Å². The average molecular weight is 221 g/mol. The van der Waals surface area contributed by atoms with Gasteiger partial charge in [-0.25, -0.2) is 4.39 Å². The molecule has 2 heteroatoms. The van der Waals surface area contributed by atoms with Gasteiger partial charge in [-0.3, -0.25) is 0 Å². The van der Waals surface area contributed by atoms with Crippen molar-refractivity contribution < 1.29 is 4.39 Å². The minimum Gasteiger partial charge on any atom is -0.314 e. The van der Waals surface area contributed by atoms with E-state index >= 15 is 0 Å². The van der Waals surface area contributed by atoms with Crippen molar-refractivity contribution in [3.05, 3.63) is 35.1 Å². The van der Waals surface area contributed by atoms with Crippen molar-refractivity contribution in [3.8, 4) is 0 Å². The second-order valence-corrected chi connectivity index (χ2v) is 5.01. The summed E-state index contributed by atoms with van der Waals surface area (Å²) in [4.78, 5) is 0. The molecule has 0 aliphatic carbocycles. The molecule has 0 radical (unpaired) electrons. The van der Waals surface area contributed by atoms with Gasteiger partial charge < -0.3 is 5.32 Å².